The smallest absolute Gasteiger partial charge is 0.123 e. The van der Waals surface area contributed by atoms with Crippen LogP contribution in [0.3, 0.4) is 0 Å². The highest BCUT2D eigenvalue weighted by atomic mass is 35.5. The van der Waals surface area contributed by atoms with Crippen LogP contribution in [-0.4, -0.2) is 14.2 Å². The number of methoxy groups -OCH3 is 2. The molecule has 17 heavy (non-hydrogen) atoms. The monoisotopic (exact) mass is 256 g/mol. The van der Waals surface area contributed by atoms with Crippen molar-refractivity contribution in [1.82, 2.24) is 0 Å². The molecule has 0 radical (unpaired) electrons. The third-order valence-corrected chi connectivity index (χ3v) is 3.29. The van der Waals surface area contributed by atoms with Crippen molar-refractivity contribution >= 4 is 11.6 Å². The molecule has 0 heterocycles. The van der Waals surface area contributed by atoms with Crippen molar-refractivity contribution in [2.24, 2.45) is 0 Å². The van der Waals surface area contributed by atoms with Crippen LogP contribution < -0.4 is 9.47 Å². The first-order valence-electron chi connectivity index (χ1n) is 6.09. The summed E-state index contributed by atoms with van der Waals surface area (Å²) >= 11 is 6.42. The summed E-state index contributed by atoms with van der Waals surface area (Å²) in [5.41, 5.74) is 1.02. The summed E-state index contributed by atoms with van der Waals surface area (Å²) in [4.78, 5) is 0. The van der Waals surface area contributed by atoms with Crippen molar-refractivity contribution in [3.63, 3.8) is 0 Å². The first-order valence-corrected chi connectivity index (χ1v) is 6.52. The van der Waals surface area contributed by atoms with E-state index in [-0.39, 0.29) is 5.38 Å². The average Bonchev–Trinajstić information content (AvgIpc) is 2.38. The number of benzene rings is 1. The number of hydrogen-bond acceptors (Lipinski definition) is 2. The lowest BCUT2D eigenvalue weighted by atomic mass is 10.0. The van der Waals surface area contributed by atoms with Gasteiger partial charge in [0.15, 0.2) is 0 Å². The van der Waals surface area contributed by atoms with E-state index >= 15 is 0 Å². The normalized spacial score (nSPS) is 12.2. The molecule has 0 aliphatic carbocycles. The van der Waals surface area contributed by atoms with E-state index in [9.17, 15) is 0 Å². The van der Waals surface area contributed by atoms with Crippen molar-refractivity contribution in [3.8, 4) is 11.5 Å². The van der Waals surface area contributed by atoms with Gasteiger partial charge in [-0.05, 0) is 24.6 Å². The van der Waals surface area contributed by atoms with Crippen molar-refractivity contribution in [3.05, 3.63) is 23.8 Å². The molecular weight excluding hydrogens is 236 g/mol. The molecule has 0 aromatic heterocycles. The first-order chi connectivity index (χ1) is 8.22. The summed E-state index contributed by atoms with van der Waals surface area (Å²) in [7, 11) is 3.33. The molecular formula is C14H21ClO2. The fourth-order valence-corrected chi connectivity index (χ4v) is 2.14. The molecule has 0 spiro atoms. The third-order valence-electron chi connectivity index (χ3n) is 2.84. The summed E-state index contributed by atoms with van der Waals surface area (Å²) in [5, 5.41) is -0.00778. The quantitative estimate of drug-likeness (QED) is 0.526. The number of hydrogen-bond donors (Lipinski definition) is 0. The van der Waals surface area contributed by atoms with E-state index in [1.165, 1.54) is 12.8 Å². The van der Waals surface area contributed by atoms with E-state index in [0.717, 1.165) is 29.9 Å². The largest absolute Gasteiger partial charge is 0.497 e. The van der Waals surface area contributed by atoms with Gasteiger partial charge in [0.25, 0.3) is 0 Å². The van der Waals surface area contributed by atoms with Crippen molar-refractivity contribution in [2.45, 2.75) is 38.0 Å². The fourth-order valence-electron chi connectivity index (χ4n) is 1.81. The van der Waals surface area contributed by atoms with Gasteiger partial charge in [-0.3, -0.25) is 0 Å². The molecule has 0 bridgehead atoms. The van der Waals surface area contributed by atoms with Gasteiger partial charge in [-0.25, -0.2) is 0 Å². The van der Waals surface area contributed by atoms with Gasteiger partial charge in [-0.15, -0.1) is 11.6 Å². The summed E-state index contributed by atoms with van der Waals surface area (Å²) in [5.74, 6) is 1.66. The maximum Gasteiger partial charge on any atom is 0.123 e. The molecule has 0 N–H and O–H groups in total. The molecule has 1 unspecified atom stereocenters. The molecule has 1 rings (SSSR count). The van der Waals surface area contributed by atoms with E-state index < -0.39 is 0 Å². The molecule has 0 aliphatic rings. The predicted octanol–water partition coefficient (Wildman–Crippen LogP) is 4.56. The molecule has 0 amide bonds. The van der Waals surface area contributed by atoms with Gasteiger partial charge in [0.1, 0.15) is 11.5 Å². The van der Waals surface area contributed by atoms with Gasteiger partial charge >= 0.3 is 0 Å². The topological polar surface area (TPSA) is 18.5 Å². The summed E-state index contributed by atoms with van der Waals surface area (Å²) in [6.45, 7) is 2.19. The maximum atomic E-state index is 6.42. The van der Waals surface area contributed by atoms with Gasteiger partial charge in [0, 0.05) is 5.56 Å². The SMILES string of the molecule is CCCCCC(Cl)c1cc(OC)ccc1OC. The van der Waals surface area contributed by atoms with Crippen LogP contribution in [0.1, 0.15) is 43.5 Å². The molecule has 0 aliphatic heterocycles. The van der Waals surface area contributed by atoms with Gasteiger partial charge in [0.2, 0.25) is 0 Å². The molecule has 1 aromatic rings. The highest BCUT2D eigenvalue weighted by Crippen LogP contribution is 2.35. The van der Waals surface area contributed by atoms with E-state index in [1.807, 2.05) is 18.2 Å². The van der Waals surface area contributed by atoms with Crippen LogP contribution in [0, 0.1) is 0 Å². The number of alkyl halides is 1. The standard InChI is InChI=1S/C14H21ClO2/c1-4-5-6-7-13(15)12-10-11(16-2)8-9-14(12)17-3/h8-10,13H,4-7H2,1-3H3. The Kier molecular flexibility index (Phi) is 6.20. The van der Waals surface area contributed by atoms with E-state index in [4.69, 9.17) is 21.1 Å². The second-order valence-corrected chi connectivity index (χ2v) is 4.60. The first kappa shape index (κ1) is 14.2. The number of halogens is 1. The minimum Gasteiger partial charge on any atom is -0.497 e. The Morgan fingerprint density at radius 3 is 2.53 bits per heavy atom. The van der Waals surface area contributed by atoms with E-state index in [0.29, 0.717) is 0 Å². The molecule has 1 atom stereocenters. The van der Waals surface area contributed by atoms with Gasteiger partial charge in [-0.2, -0.15) is 0 Å². The van der Waals surface area contributed by atoms with E-state index in [2.05, 4.69) is 6.92 Å². The van der Waals surface area contributed by atoms with Crippen molar-refractivity contribution in [2.75, 3.05) is 14.2 Å². The third kappa shape index (κ3) is 4.12. The Bertz CT molecular complexity index is 339. The number of ether oxygens (including phenoxy) is 2. The molecule has 1 aromatic carbocycles. The molecule has 3 heteroatoms. The summed E-state index contributed by atoms with van der Waals surface area (Å²) < 4.78 is 10.5. The highest BCUT2D eigenvalue weighted by molar-refractivity contribution is 6.21. The Morgan fingerprint density at radius 1 is 1.18 bits per heavy atom. The fraction of sp³-hybridized carbons (Fsp3) is 0.571. The van der Waals surface area contributed by atoms with Crippen LogP contribution in [0.5, 0.6) is 11.5 Å². The minimum atomic E-state index is -0.00778. The molecule has 96 valence electrons. The average molecular weight is 257 g/mol. The van der Waals surface area contributed by atoms with Crippen LogP contribution >= 0.6 is 11.6 Å². The molecule has 0 saturated carbocycles. The van der Waals surface area contributed by atoms with Gasteiger partial charge in [-0.1, -0.05) is 26.2 Å². The lowest BCUT2D eigenvalue weighted by Gasteiger charge is -2.15. The Balaban J connectivity index is 2.78. The molecule has 2 nitrogen and oxygen atoms in total. The van der Waals surface area contributed by atoms with Crippen LogP contribution in [0.4, 0.5) is 0 Å². The molecule has 0 fully saturated rings. The van der Waals surface area contributed by atoms with Crippen molar-refractivity contribution in [1.29, 1.82) is 0 Å². The van der Waals surface area contributed by atoms with Crippen LogP contribution in [0.15, 0.2) is 18.2 Å². The zero-order chi connectivity index (χ0) is 12.7. The van der Waals surface area contributed by atoms with Gasteiger partial charge < -0.3 is 9.47 Å². The second kappa shape index (κ2) is 7.44. The van der Waals surface area contributed by atoms with Crippen LogP contribution in [-0.2, 0) is 0 Å². The number of rotatable bonds is 7. The second-order valence-electron chi connectivity index (χ2n) is 4.07. The van der Waals surface area contributed by atoms with Gasteiger partial charge in [0.05, 0.1) is 19.6 Å². The Morgan fingerprint density at radius 2 is 1.94 bits per heavy atom. The Labute approximate surface area is 109 Å². The lowest BCUT2D eigenvalue weighted by molar-refractivity contribution is 0.397. The predicted molar refractivity (Wildman–Crippen MR) is 72.3 cm³/mol. The van der Waals surface area contributed by atoms with E-state index in [1.54, 1.807) is 14.2 Å². The summed E-state index contributed by atoms with van der Waals surface area (Å²) in [6.07, 6.45) is 4.54. The maximum absolute atomic E-state index is 6.42. The summed E-state index contributed by atoms with van der Waals surface area (Å²) in [6, 6.07) is 5.75. The van der Waals surface area contributed by atoms with Crippen molar-refractivity contribution < 1.29 is 9.47 Å². The zero-order valence-corrected chi connectivity index (χ0v) is 11.6. The van der Waals surface area contributed by atoms with Crippen LogP contribution in [0.2, 0.25) is 0 Å². The highest BCUT2D eigenvalue weighted by Gasteiger charge is 2.14. The number of unbranched alkanes of at least 4 members (excludes halogenated alkanes) is 2. The van der Waals surface area contributed by atoms with Crippen LogP contribution in [0.25, 0.3) is 0 Å². The minimum absolute atomic E-state index is 0.00778. The lowest BCUT2D eigenvalue weighted by Crippen LogP contribution is -1.97. The Hall–Kier alpha value is -0.890. The molecule has 0 saturated heterocycles. The zero-order valence-electron chi connectivity index (χ0n) is 10.8.